The number of aromatic carboxylic acids is 2. The smallest absolute Gasteiger partial charge is 0.352 e. The summed E-state index contributed by atoms with van der Waals surface area (Å²) >= 11 is 0. The first-order valence-electron chi connectivity index (χ1n) is 6.38. The number of fused-ring (bicyclic) bond motifs is 1. The van der Waals surface area contributed by atoms with E-state index in [9.17, 15) is 9.59 Å². The van der Waals surface area contributed by atoms with Crippen molar-refractivity contribution in [2.45, 2.75) is 0 Å². The minimum Gasteiger partial charge on any atom is -0.478 e. The van der Waals surface area contributed by atoms with Crippen molar-refractivity contribution in [3.63, 3.8) is 0 Å². The molecule has 0 spiro atoms. The van der Waals surface area contributed by atoms with E-state index in [1.165, 1.54) is 6.07 Å². The summed E-state index contributed by atoms with van der Waals surface area (Å²) in [4.78, 5) is 23.7. The third-order valence-electron chi connectivity index (χ3n) is 2.95. The van der Waals surface area contributed by atoms with Gasteiger partial charge in [-0.15, -0.1) is 0 Å². The largest absolute Gasteiger partial charge is 0.478 e. The van der Waals surface area contributed by atoms with Crippen LogP contribution in [0.4, 0.5) is 5.69 Å². The van der Waals surface area contributed by atoms with Gasteiger partial charge < -0.3 is 20.9 Å². The Bertz CT molecular complexity index is 791. The van der Waals surface area contributed by atoms with Crippen LogP contribution in [0, 0.1) is 0 Å². The van der Waals surface area contributed by atoms with Gasteiger partial charge in [0.25, 0.3) is 0 Å². The number of anilines is 1. The number of rotatable bonds is 2. The van der Waals surface area contributed by atoms with E-state index in [1.807, 2.05) is 24.3 Å². The minimum absolute atomic E-state index is 0.155. The highest BCUT2D eigenvalue weighted by molar-refractivity contribution is 5.94. The second-order valence-electron chi connectivity index (χ2n) is 4.47. The number of hydrogen-bond donors (Lipinski definition) is 4. The summed E-state index contributed by atoms with van der Waals surface area (Å²) in [6.45, 7) is 0. The number of carboxylic acids is 2. The molecule has 0 aliphatic rings. The third-order valence-corrected chi connectivity index (χ3v) is 2.95. The van der Waals surface area contributed by atoms with E-state index in [0.29, 0.717) is 5.69 Å². The van der Waals surface area contributed by atoms with E-state index in [-0.39, 0.29) is 11.3 Å². The van der Waals surface area contributed by atoms with Crippen molar-refractivity contribution < 1.29 is 19.8 Å². The second kappa shape index (κ2) is 6.45. The summed E-state index contributed by atoms with van der Waals surface area (Å²) in [5, 5.41) is 18.1. The average Bonchev–Trinajstić information content (AvgIpc) is 2.92. The topological polar surface area (TPSA) is 116 Å². The number of carboxylic acid groups (broad SMARTS) is 2. The molecule has 6 nitrogen and oxygen atoms in total. The van der Waals surface area contributed by atoms with Crippen LogP contribution >= 0.6 is 0 Å². The lowest BCUT2D eigenvalue weighted by Crippen LogP contribution is -2.00. The van der Waals surface area contributed by atoms with Gasteiger partial charge in [-0.3, -0.25) is 0 Å². The molecule has 6 heteroatoms. The Labute approximate surface area is 125 Å². The van der Waals surface area contributed by atoms with Gasteiger partial charge in [0.2, 0.25) is 0 Å². The molecule has 112 valence electrons. The Morgan fingerprint density at radius 2 is 1.55 bits per heavy atom. The quantitative estimate of drug-likeness (QED) is 0.543. The molecular formula is C16H14N2O4. The zero-order valence-corrected chi connectivity index (χ0v) is 11.5. The van der Waals surface area contributed by atoms with E-state index in [0.717, 1.165) is 10.9 Å². The van der Waals surface area contributed by atoms with Crippen LogP contribution in [-0.4, -0.2) is 27.1 Å². The number of aromatic amines is 1. The molecule has 0 fully saturated rings. The maximum Gasteiger partial charge on any atom is 0.352 e. The van der Waals surface area contributed by atoms with Crippen LogP contribution in [0.25, 0.3) is 10.9 Å². The number of nitrogen functional groups attached to an aromatic ring is 1. The number of para-hydroxylation sites is 2. The molecular weight excluding hydrogens is 284 g/mol. The molecule has 0 atom stereocenters. The maximum atomic E-state index is 10.5. The van der Waals surface area contributed by atoms with Crippen LogP contribution in [0.15, 0.2) is 54.6 Å². The van der Waals surface area contributed by atoms with Gasteiger partial charge in [-0.25, -0.2) is 9.59 Å². The molecule has 0 radical (unpaired) electrons. The Kier molecular flexibility index (Phi) is 4.43. The molecule has 0 unspecified atom stereocenters. The van der Waals surface area contributed by atoms with Gasteiger partial charge in [0.15, 0.2) is 0 Å². The Balaban J connectivity index is 0.000000164. The number of nitrogens with two attached hydrogens (primary N) is 1. The van der Waals surface area contributed by atoms with Crippen molar-refractivity contribution in [1.82, 2.24) is 4.98 Å². The first-order chi connectivity index (χ1) is 10.5. The zero-order valence-electron chi connectivity index (χ0n) is 11.5. The second-order valence-corrected chi connectivity index (χ2v) is 4.47. The van der Waals surface area contributed by atoms with Crippen molar-refractivity contribution in [3.05, 3.63) is 65.9 Å². The number of H-pyrrole nitrogens is 1. The highest BCUT2D eigenvalue weighted by Crippen LogP contribution is 2.14. The van der Waals surface area contributed by atoms with Gasteiger partial charge >= 0.3 is 11.9 Å². The first kappa shape index (κ1) is 15.1. The van der Waals surface area contributed by atoms with Crippen LogP contribution in [0.3, 0.4) is 0 Å². The lowest BCUT2D eigenvalue weighted by atomic mass is 10.2. The van der Waals surface area contributed by atoms with E-state index in [2.05, 4.69) is 4.98 Å². The van der Waals surface area contributed by atoms with E-state index in [4.69, 9.17) is 15.9 Å². The predicted octanol–water partition coefficient (Wildman–Crippen LogP) is 2.83. The van der Waals surface area contributed by atoms with Crippen LogP contribution in [0.2, 0.25) is 0 Å². The molecule has 0 aliphatic carbocycles. The lowest BCUT2D eigenvalue weighted by molar-refractivity contribution is 0.0683. The SMILES string of the molecule is Nc1ccccc1C(=O)O.O=C(O)c1cc2ccccc2[nH]1. The average molecular weight is 298 g/mol. The molecule has 2 aromatic carbocycles. The third kappa shape index (κ3) is 3.43. The summed E-state index contributed by atoms with van der Waals surface area (Å²) in [5.41, 5.74) is 6.89. The van der Waals surface area contributed by atoms with Crippen LogP contribution in [-0.2, 0) is 0 Å². The molecule has 1 heterocycles. The Morgan fingerprint density at radius 3 is 2.09 bits per heavy atom. The summed E-state index contributed by atoms with van der Waals surface area (Å²) in [7, 11) is 0. The summed E-state index contributed by atoms with van der Waals surface area (Å²) in [6.07, 6.45) is 0. The number of aromatic nitrogens is 1. The van der Waals surface area contributed by atoms with Gasteiger partial charge in [0.05, 0.1) is 5.56 Å². The molecule has 5 N–H and O–H groups in total. The molecule has 0 saturated carbocycles. The van der Waals surface area contributed by atoms with Gasteiger partial charge in [-0.1, -0.05) is 30.3 Å². The van der Waals surface area contributed by atoms with Crippen LogP contribution in [0.1, 0.15) is 20.8 Å². The lowest BCUT2D eigenvalue weighted by Gasteiger charge is -1.96. The number of benzene rings is 2. The Hall–Kier alpha value is -3.28. The molecule has 1 aromatic heterocycles. The van der Waals surface area contributed by atoms with Crippen molar-refractivity contribution in [3.8, 4) is 0 Å². The van der Waals surface area contributed by atoms with E-state index in [1.54, 1.807) is 24.3 Å². The molecule has 0 saturated heterocycles. The van der Waals surface area contributed by atoms with Crippen molar-refractivity contribution in [2.75, 3.05) is 5.73 Å². The summed E-state index contributed by atoms with van der Waals surface area (Å²) < 4.78 is 0. The summed E-state index contributed by atoms with van der Waals surface area (Å²) in [6, 6.07) is 15.5. The Morgan fingerprint density at radius 1 is 0.909 bits per heavy atom. The molecule has 0 bridgehead atoms. The fourth-order valence-corrected chi connectivity index (χ4v) is 1.88. The number of hydrogen-bond acceptors (Lipinski definition) is 3. The number of nitrogens with one attached hydrogen (secondary N) is 1. The monoisotopic (exact) mass is 298 g/mol. The summed E-state index contributed by atoms with van der Waals surface area (Å²) in [5.74, 6) is -1.91. The van der Waals surface area contributed by atoms with Gasteiger partial charge in [-0.2, -0.15) is 0 Å². The van der Waals surface area contributed by atoms with Crippen molar-refractivity contribution in [1.29, 1.82) is 0 Å². The molecule has 22 heavy (non-hydrogen) atoms. The fraction of sp³-hybridized carbons (Fsp3) is 0. The zero-order chi connectivity index (χ0) is 16.1. The fourth-order valence-electron chi connectivity index (χ4n) is 1.88. The van der Waals surface area contributed by atoms with Gasteiger partial charge in [-0.05, 0) is 24.3 Å². The van der Waals surface area contributed by atoms with Gasteiger partial charge in [0.1, 0.15) is 5.69 Å². The molecule has 3 rings (SSSR count). The highest BCUT2D eigenvalue weighted by Gasteiger charge is 2.05. The molecule has 3 aromatic rings. The maximum absolute atomic E-state index is 10.5. The minimum atomic E-state index is -0.988. The molecule has 0 aliphatic heterocycles. The highest BCUT2D eigenvalue weighted by atomic mass is 16.4. The van der Waals surface area contributed by atoms with Crippen molar-refractivity contribution >= 4 is 28.5 Å². The normalized spacial score (nSPS) is 9.82. The van der Waals surface area contributed by atoms with Crippen LogP contribution in [0.5, 0.6) is 0 Å². The standard InChI is InChI=1S/C9H7NO2.C7H7NO2/c11-9(12)8-5-6-3-1-2-4-7(6)10-8;8-6-4-2-1-3-5(6)7(9)10/h1-5,10H,(H,11,12);1-4H,8H2,(H,9,10). The van der Waals surface area contributed by atoms with Gasteiger partial charge in [0, 0.05) is 16.6 Å². The van der Waals surface area contributed by atoms with E-state index < -0.39 is 11.9 Å². The number of carbonyl (C=O) groups is 2. The first-order valence-corrected chi connectivity index (χ1v) is 6.38. The molecule has 0 amide bonds. The van der Waals surface area contributed by atoms with Crippen LogP contribution < -0.4 is 5.73 Å². The van der Waals surface area contributed by atoms with E-state index >= 15 is 0 Å². The predicted molar refractivity (Wildman–Crippen MR) is 83.1 cm³/mol. The van der Waals surface area contributed by atoms with Crippen molar-refractivity contribution in [2.24, 2.45) is 0 Å².